The average molecular weight is 2010 g/mol. The van der Waals surface area contributed by atoms with Gasteiger partial charge in [0.15, 0.2) is 0 Å². The van der Waals surface area contributed by atoms with Crippen LogP contribution in [-0.2, 0) is 56.2 Å². The Balaban J connectivity index is 0.000000153. The Hall–Kier alpha value is -14.8. The molecule has 5 aliphatic rings. The van der Waals surface area contributed by atoms with Gasteiger partial charge in [-0.3, -0.25) is 46.8 Å². The molecule has 10 heterocycles. The second-order valence-electron chi connectivity index (χ2n) is 35.8. The van der Waals surface area contributed by atoms with Crippen molar-refractivity contribution in [2.75, 3.05) is 74.8 Å². The maximum absolute atomic E-state index is 12.8. The van der Waals surface area contributed by atoms with Gasteiger partial charge >= 0.3 is 28.4 Å². The smallest absolute Gasteiger partial charge is 0.351 e. The van der Waals surface area contributed by atoms with Gasteiger partial charge < -0.3 is 130 Å². The highest BCUT2D eigenvalue weighted by Crippen LogP contribution is 2.39. The minimum absolute atomic E-state index is 0.0255. The lowest BCUT2D eigenvalue weighted by Crippen LogP contribution is -2.34. The van der Waals surface area contributed by atoms with Crippen molar-refractivity contribution in [3.05, 3.63) is 315 Å². The minimum Gasteiger partial charge on any atom is -0.394 e. The van der Waals surface area contributed by atoms with Crippen LogP contribution in [0.15, 0.2) is 231 Å². The van der Waals surface area contributed by atoms with E-state index in [1.54, 1.807) is 34.6 Å². The van der Waals surface area contributed by atoms with Crippen molar-refractivity contribution in [2.45, 2.75) is 166 Å². The van der Waals surface area contributed by atoms with E-state index >= 15 is 0 Å². The Morgan fingerprint density at radius 3 is 0.911 bits per heavy atom. The second-order valence-corrected chi connectivity index (χ2v) is 35.8. The van der Waals surface area contributed by atoms with Crippen LogP contribution < -0.4 is 83.7 Å². The molecule has 45 heteroatoms. The first-order chi connectivity index (χ1) is 70.0. The lowest BCUT2D eigenvalue weighted by molar-refractivity contribution is -0.0476. The van der Waals surface area contributed by atoms with Gasteiger partial charge in [0.05, 0.1) is 91.4 Å². The maximum atomic E-state index is 12.8. The number of nitrogen functional groups attached to an aromatic ring is 5. The lowest BCUT2D eigenvalue weighted by Gasteiger charge is -2.19. The molecule has 12 aromatic rings. The summed E-state index contributed by atoms with van der Waals surface area (Å²) in [4.78, 5) is 143. The van der Waals surface area contributed by atoms with Crippen LogP contribution in [0.2, 0.25) is 0 Å². The van der Waals surface area contributed by atoms with Gasteiger partial charge in [-0.2, -0.15) is 24.9 Å². The number of nitrogens with zero attached hydrogens (tertiary/aromatic N) is 10. The van der Waals surface area contributed by atoms with Gasteiger partial charge in [-0.1, -0.05) is 204 Å². The van der Waals surface area contributed by atoms with E-state index in [2.05, 4.69) is 51.5 Å². The van der Waals surface area contributed by atoms with Crippen LogP contribution in [0.5, 0.6) is 0 Å². The molecule has 5 fully saturated rings. The van der Waals surface area contributed by atoms with E-state index in [0.29, 0.717) is 26.1 Å². The molecule has 0 aliphatic carbocycles. The monoisotopic (exact) mass is 2010 g/mol. The molecule has 5 amide bonds. The van der Waals surface area contributed by atoms with Crippen LogP contribution in [0.1, 0.15) is 152 Å². The van der Waals surface area contributed by atoms with Gasteiger partial charge in [0.2, 0.25) is 0 Å². The number of benzene rings is 7. The number of aliphatic hydroxyl groups is 10. The number of aryl methyl sites for hydroxylation is 1. The zero-order valence-corrected chi connectivity index (χ0v) is 80.3. The maximum Gasteiger partial charge on any atom is 0.351 e. The number of nitrogens with one attached hydrogen (secondary N) is 5. The van der Waals surface area contributed by atoms with E-state index in [1.165, 1.54) is 36.5 Å². The third kappa shape index (κ3) is 25.6. The number of aliphatic hydroxyl groups excluding tert-OH is 10. The first-order valence-electron chi connectivity index (χ1n) is 47.2. The molecule has 5 unspecified atom stereocenters. The van der Waals surface area contributed by atoms with Gasteiger partial charge in [-0.05, 0) is 74.7 Å². The highest BCUT2D eigenvalue weighted by Gasteiger charge is 2.48. The zero-order chi connectivity index (χ0) is 105. The molecule has 5 aliphatic heterocycles. The number of anilines is 5. The highest BCUT2D eigenvalue weighted by molar-refractivity contribution is 6.01. The third-order valence-corrected chi connectivity index (χ3v) is 26.0. The van der Waals surface area contributed by atoms with E-state index in [1.807, 2.05) is 176 Å². The largest absolute Gasteiger partial charge is 0.394 e. The van der Waals surface area contributed by atoms with Gasteiger partial charge in [0.1, 0.15) is 90.7 Å². The van der Waals surface area contributed by atoms with E-state index < -0.39 is 193 Å². The molecule has 20 atom stereocenters. The summed E-state index contributed by atoms with van der Waals surface area (Å²) in [6, 6.07) is 56.5. The number of nitrogens with two attached hydrogens (primary N) is 5. The Bertz CT molecular complexity index is 6880. The normalized spacial score (nSPS) is 23.8. The Kier molecular flexibility index (Phi) is 36.9. The van der Waals surface area contributed by atoms with Crippen molar-refractivity contribution >= 4 is 80.2 Å². The summed E-state index contributed by atoms with van der Waals surface area (Å²) in [5, 5.41) is 115. The molecule has 774 valence electrons. The summed E-state index contributed by atoms with van der Waals surface area (Å²) >= 11 is 0. The first kappa shape index (κ1) is 108. The van der Waals surface area contributed by atoms with Crippen LogP contribution in [0.3, 0.4) is 0 Å². The molecular formula is C101H120N20O25. The molecule has 0 spiro atoms. The average Bonchev–Trinajstić information content (AvgIpc) is 1.58. The van der Waals surface area contributed by atoms with Crippen LogP contribution in [0.4, 0.5) is 29.1 Å². The van der Waals surface area contributed by atoms with Crippen molar-refractivity contribution in [2.24, 2.45) is 29.6 Å². The summed E-state index contributed by atoms with van der Waals surface area (Å²) < 4.78 is 33.6. The van der Waals surface area contributed by atoms with Gasteiger partial charge in [-0.25, -0.2) is 24.0 Å². The fourth-order valence-electron chi connectivity index (χ4n) is 17.5. The predicted octanol–water partition coefficient (Wildman–Crippen LogP) is 0.992. The zero-order valence-electron chi connectivity index (χ0n) is 80.3. The quantitative estimate of drug-likeness (QED) is 0.0304. The van der Waals surface area contributed by atoms with Crippen LogP contribution in [0.25, 0.3) is 21.5 Å². The molecule has 0 bridgehead atoms. The van der Waals surface area contributed by atoms with E-state index in [-0.39, 0.29) is 89.8 Å². The number of amides is 5. The van der Waals surface area contributed by atoms with E-state index in [9.17, 15) is 99.0 Å². The molecular weight excluding hydrogens is 1890 g/mol. The third-order valence-electron chi connectivity index (χ3n) is 26.0. The number of rotatable bonds is 28. The first-order valence-corrected chi connectivity index (χ1v) is 47.2. The molecule has 0 saturated carbocycles. The Morgan fingerprint density at radius 1 is 0.301 bits per heavy atom. The number of fused-ring (bicyclic) bond motifs is 2. The fourth-order valence-corrected chi connectivity index (χ4v) is 17.5. The molecule has 7 aromatic carbocycles. The summed E-state index contributed by atoms with van der Waals surface area (Å²) in [7, 11) is 0. The minimum atomic E-state index is -0.955. The highest BCUT2D eigenvalue weighted by atomic mass is 16.6. The van der Waals surface area contributed by atoms with Crippen molar-refractivity contribution in [1.29, 1.82) is 0 Å². The SMILES string of the molecule is C[C@H]1C(O)[C@@H](CO)O[C@H]1n1cc(C(=O)NCCCc2ccccc2)c(N)nc1=O.C[C@H]1C(O)[C@@H](CO)O[C@H]1n1cc(C(=O)NCCc2ccccc2)c(N)nc1=O.C[C@H]1C(O)[C@@H](CO)O[C@H]1n1cc(C(=O)NCc2ccc3ccccc3c2)c(N)nc1=O.C[C@H]1C(O)[C@@H](CO)O[C@H]1n1cc(C(=O)NCc2cccc3ccccc23)c(N)nc1=O.C[C@H]1C(O)[C@@H](CO)O[C@H]1n1cc(C(=O)NCc2ccccc2)c(N)nc1=O. The van der Waals surface area contributed by atoms with Crippen LogP contribution in [-0.4, -0.2) is 236 Å². The number of ether oxygens (including phenoxy) is 5. The molecule has 5 aromatic heterocycles. The van der Waals surface area contributed by atoms with Crippen LogP contribution >= 0.6 is 0 Å². The number of hydrogen-bond acceptors (Lipinski definition) is 35. The van der Waals surface area contributed by atoms with Crippen molar-refractivity contribution in [3.8, 4) is 0 Å². The molecule has 17 rings (SSSR count). The number of hydrogen-bond donors (Lipinski definition) is 20. The van der Waals surface area contributed by atoms with Gasteiger partial charge in [0.25, 0.3) is 29.5 Å². The predicted molar refractivity (Wildman–Crippen MR) is 533 cm³/mol. The van der Waals surface area contributed by atoms with E-state index in [0.717, 1.165) is 79.5 Å². The number of carbonyl (C=O) groups is 5. The molecule has 0 radical (unpaired) electrons. The van der Waals surface area contributed by atoms with Gasteiger partial charge in [0, 0.05) is 93.3 Å². The summed E-state index contributed by atoms with van der Waals surface area (Å²) in [6.45, 7) is 8.16. The molecule has 146 heavy (non-hydrogen) atoms. The summed E-state index contributed by atoms with van der Waals surface area (Å²) in [5.74, 6) is -5.70. The van der Waals surface area contributed by atoms with Crippen LogP contribution in [0, 0.1) is 29.6 Å². The van der Waals surface area contributed by atoms with Crippen molar-refractivity contribution in [1.82, 2.24) is 74.3 Å². The summed E-state index contributed by atoms with van der Waals surface area (Å²) in [5.41, 5.74) is 30.7. The summed E-state index contributed by atoms with van der Waals surface area (Å²) in [6.07, 6.45) is -4.50. The Morgan fingerprint density at radius 2 is 0.575 bits per heavy atom. The lowest BCUT2D eigenvalue weighted by atomic mass is 10.0. The van der Waals surface area contributed by atoms with Crippen molar-refractivity contribution < 1.29 is 98.7 Å². The standard InChI is InChI=1S/2C22H24N4O5.C20H26N4O5.C19H24N4O5.C18H22N4O5/c1-12-18(28)17(11-27)31-21(12)26-10-16(19(23)25-22(26)30)20(29)24-9-14-7-4-6-13-5-2-3-8-15(13)14;1-12-18(28)17(11-27)31-21(12)26-10-16(19(23)25-22(26)30)20(29)24-9-13-6-7-14-4-2-3-5-15(14)8-13;1-12-16(26)15(11-25)29-19(12)24-10-14(17(21)23-20(24)28)18(27)22-9-5-8-13-6-3-2-4-7-13;1-11-15(25)14(10-24)28-18(11)23-9-13(16(20)22-19(23)27)17(26)21-8-7-12-5-3-2-4-6-12;1-10-14(24)13(9-23)27-17(10)22-8-12(15(19)21-18(22)26)16(25)20-7-11-5-3-2-4-6-11/h2*2-8,10,12,17-18,21,27-28H,9,11H2,1H3,(H,24,29)(H2,23,25,30);2-4,6-7,10,12,15-16,19,25-26H,5,8-9,11H2,1H3,(H,22,27)(H2,21,23,28);2-6,9,11,14-15,18,24-25H,7-8,10H2,1H3,(H,21,26)(H2,20,22,27);2-6,8,10,13-14,17,23-24H,7,9H2,1H3,(H,20,25)(H2,19,21,26)/t2*12-,17+,18?,21+;12-,15+,16?,19+;11-,14+,15?,18+;10-,13+,14?,17+/m00000/s1. The number of carbonyl (C=O) groups excluding carboxylic acids is 5. The molecule has 25 N–H and O–H groups in total. The van der Waals surface area contributed by atoms with Gasteiger partial charge in [-0.15, -0.1) is 0 Å². The Labute approximate surface area is 834 Å². The van der Waals surface area contributed by atoms with E-state index in [4.69, 9.17) is 52.4 Å². The fraction of sp³-hybridized carbons (Fsp3) is 0.376. The topological polar surface area (TPSA) is 699 Å². The number of aromatic nitrogens is 10. The van der Waals surface area contributed by atoms with Crippen molar-refractivity contribution in [3.63, 3.8) is 0 Å². The molecule has 45 nitrogen and oxygen atoms in total. The second kappa shape index (κ2) is 49.7. The molecule has 5 saturated heterocycles.